The maximum absolute atomic E-state index is 12.4. The third-order valence-electron chi connectivity index (χ3n) is 5.37. The molecule has 0 spiro atoms. The molecule has 148 valence electrons. The predicted octanol–water partition coefficient (Wildman–Crippen LogP) is 3.99. The second-order valence-corrected chi connectivity index (χ2v) is 7.42. The Bertz CT molecular complexity index is 958. The van der Waals surface area contributed by atoms with Gasteiger partial charge in [0.2, 0.25) is 5.71 Å². The number of carbonyl (C=O) groups excluding carboxylic acids is 1. The topological polar surface area (TPSA) is 67.6 Å². The number of benzene rings is 1. The lowest BCUT2D eigenvalue weighted by atomic mass is 10.2. The fraction of sp³-hybridized carbons (Fsp3) is 0.455. The zero-order valence-corrected chi connectivity index (χ0v) is 16.4. The molecule has 28 heavy (non-hydrogen) atoms. The molecule has 4 rings (SSSR count). The Balaban J connectivity index is 1.37. The van der Waals surface area contributed by atoms with Crippen molar-refractivity contribution in [1.29, 1.82) is 0 Å². The SMILES string of the molecule is COc1ccc2cc3cc(C(=O)NCCCN4CCCCCC4)oc3nc2c1. The molecule has 6 nitrogen and oxygen atoms in total. The summed E-state index contributed by atoms with van der Waals surface area (Å²) in [5.74, 6) is 0.864. The summed E-state index contributed by atoms with van der Waals surface area (Å²) in [6, 6.07) is 9.46. The minimum absolute atomic E-state index is 0.185. The minimum Gasteiger partial charge on any atom is -0.497 e. The van der Waals surface area contributed by atoms with E-state index in [-0.39, 0.29) is 5.91 Å². The third kappa shape index (κ3) is 4.28. The van der Waals surface area contributed by atoms with E-state index < -0.39 is 0 Å². The molecule has 0 bridgehead atoms. The molecule has 1 fully saturated rings. The van der Waals surface area contributed by atoms with Crippen molar-refractivity contribution < 1.29 is 13.9 Å². The monoisotopic (exact) mass is 381 g/mol. The molecule has 1 aliphatic rings. The van der Waals surface area contributed by atoms with Gasteiger partial charge in [-0.15, -0.1) is 0 Å². The Hall–Kier alpha value is -2.60. The van der Waals surface area contributed by atoms with Gasteiger partial charge < -0.3 is 19.4 Å². The Kier molecular flexibility index (Phi) is 5.76. The second kappa shape index (κ2) is 8.61. The number of ether oxygens (including phenoxy) is 1. The van der Waals surface area contributed by atoms with Crippen LogP contribution >= 0.6 is 0 Å². The highest BCUT2D eigenvalue weighted by Gasteiger charge is 2.14. The molecule has 1 saturated heterocycles. The van der Waals surface area contributed by atoms with Crippen molar-refractivity contribution in [3.63, 3.8) is 0 Å². The van der Waals surface area contributed by atoms with Crippen LogP contribution in [0.4, 0.5) is 0 Å². The van der Waals surface area contributed by atoms with E-state index in [1.54, 1.807) is 13.2 Å². The lowest BCUT2D eigenvalue weighted by Gasteiger charge is -2.19. The van der Waals surface area contributed by atoms with Crippen LogP contribution in [-0.4, -0.2) is 49.1 Å². The van der Waals surface area contributed by atoms with Gasteiger partial charge in [0.15, 0.2) is 5.76 Å². The lowest BCUT2D eigenvalue weighted by Crippen LogP contribution is -2.30. The smallest absolute Gasteiger partial charge is 0.287 e. The number of pyridine rings is 1. The van der Waals surface area contributed by atoms with Gasteiger partial charge >= 0.3 is 0 Å². The van der Waals surface area contributed by atoms with E-state index in [0.29, 0.717) is 18.0 Å². The third-order valence-corrected chi connectivity index (χ3v) is 5.37. The first-order valence-electron chi connectivity index (χ1n) is 10.1. The Labute approximate surface area is 164 Å². The number of fused-ring (bicyclic) bond motifs is 2. The van der Waals surface area contributed by atoms with Gasteiger partial charge in [-0.05, 0) is 63.2 Å². The van der Waals surface area contributed by atoms with E-state index in [9.17, 15) is 4.79 Å². The van der Waals surface area contributed by atoms with Crippen molar-refractivity contribution in [2.75, 3.05) is 33.3 Å². The molecular weight excluding hydrogens is 354 g/mol. The molecule has 6 heteroatoms. The van der Waals surface area contributed by atoms with E-state index in [4.69, 9.17) is 9.15 Å². The summed E-state index contributed by atoms with van der Waals surface area (Å²) in [6.07, 6.45) is 6.22. The van der Waals surface area contributed by atoms with Crippen molar-refractivity contribution in [3.05, 3.63) is 36.1 Å². The number of furan rings is 1. The lowest BCUT2D eigenvalue weighted by molar-refractivity contribution is 0.0926. The van der Waals surface area contributed by atoms with Crippen molar-refractivity contribution in [1.82, 2.24) is 15.2 Å². The average molecular weight is 381 g/mol. The minimum atomic E-state index is -0.185. The number of hydrogen-bond donors (Lipinski definition) is 1. The fourth-order valence-electron chi connectivity index (χ4n) is 3.80. The Morgan fingerprint density at radius 2 is 1.96 bits per heavy atom. The van der Waals surface area contributed by atoms with Crippen LogP contribution in [0.25, 0.3) is 22.0 Å². The summed E-state index contributed by atoms with van der Waals surface area (Å²) in [6.45, 7) is 4.05. The molecule has 1 N–H and O–H groups in total. The van der Waals surface area contributed by atoms with Crippen LogP contribution in [0.15, 0.2) is 34.7 Å². The highest BCUT2D eigenvalue weighted by atomic mass is 16.5. The highest BCUT2D eigenvalue weighted by Crippen LogP contribution is 2.25. The quantitative estimate of drug-likeness (QED) is 0.654. The van der Waals surface area contributed by atoms with Gasteiger partial charge in [-0.3, -0.25) is 4.79 Å². The Morgan fingerprint density at radius 3 is 2.75 bits per heavy atom. The van der Waals surface area contributed by atoms with Crippen molar-refractivity contribution >= 4 is 27.9 Å². The number of nitrogens with zero attached hydrogens (tertiary/aromatic N) is 2. The van der Waals surface area contributed by atoms with Gasteiger partial charge in [0.25, 0.3) is 5.91 Å². The number of carbonyl (C=O) groups is 1. The molecular formula is C22H27N3O3. The number of methoxy groups -OCH3 is 1. The van der Waals surface area contributed by atoms with Crippen LogP contribution in [0.1, 0.15) is 42.7 Å². The predicted molar refractivity (Wildman–Crippen MR) is 110 cm³/mol. The van der Waals surface area contributed by atoms with Crippen LogP contribution in [0.5, 0.6) is 5.75 Å². The first kappa shape index (κ1) is 18.7. The summed E-state index contributed by atoms with van der Waals surface area (Å²) in [4.78, 5) is 19.5. The first-order valence-corrected chi connectivity index (χ1v) is 10.1. The first-order chi connectivity index (χ1) is 13.7. The standard InChI is InChI=1S/C22H27N3O3/c1-27-18-8-7-16-13-17-14-20(28-22(17)24-19(16)15-18)21(26)23-9-6-12-25-10-4-2-3-5-11-25/h7-8,13-15H,2-6,9-12H2,1H3,(H,23,26). The Morgan fingerprint density at radius 1 is 1.14 bits per heavy atom. The fourth-order valence-corrected chi connectivity index (χ4v) is 3.80. The number of likely N-dealkylation sites (tertiary alicyclic amines) is 1. The molecule has 0 radical (unpaired) electrons. The zero-order valence-electron chi connectivity index (χ0n) is 16.4. The molecule has 1 amide bonds. The maximum Gasteiger partial charge on any atom is 0.287 e. The second-order valence-electron chi connectivity index (χ2n) is 7.42. The molecule has 1 aromatic carbocycles. The van der Waals surface area contributed by atoms with E-state index >= 15 is 0 Å². The van der Waals surface area contributed by atoms with Crippen LogP contribution in [0.3, 0.4) is 0 Å². The number of amides is 1. The van der Waals surface area contributed by atoms with Gasteiger partial charge in [-0.25, -0.2) is 4.98 Å². The zero-order chi connectivity index (χ0) is 19.3. The average Bonchev–Trinajstić information content (AvgIpc) is 2.95. The molecule has 0 saturated carbocycles. The molecule has 0 aliphatic carbocycles. The molecule has 0 atom stereocenters. The van der Waals surface area contributed by atoms with E-state index in [1.165, 1.54) is 38.8 Å². The largest absolute Gasteiger partial charge is 0.497 e. The number of nitrogens with one attached hydrogen (secondary N) is 1. The van der Waals surface area contributed by atoms with Crippen LogP contribution in [0.2, 0.25) is 0 Å². The van der Waals surface area contributed by atoms with Crippen molar-refractivity contribution in [3.8, 4) is 5.75 Å². The van der Waals surface area contributed by atoms with E-state index in [0.717, 1.165) is 35.0 Å². The maximum atomic E-state index is 12.4. The number of hydrogen-bond acceptors (Lipinski definition) is 5. The summed E-state index contributed by atoms with van der Waals surface area (Å²) in [5.41, 5.74) is 1.25. The van der Waals surface area contributed by atoms with Crippen LogP contribution < -0.4 is 10.1 Å². The molecule has 2 aromatic heterocycles. The van der Waals surface area contributed by atoms with Gasteiger partial charge in [0.05, 0.1) is 12.6 Å². The van der Waals surface area contributed by atoms with Crippen molar-refractivity contribution in [2.24, 2.45) is 0 Å². The molecule has 3 heterocycles. The highest BCUT2D eigenvalue weighted by molar-refractivity contribution is 5.98. The number of rotatable bonds is 6. The summed E-state index contributed by atoms with van der Waals surface area (Å²) < 4.78 is 10.9. The van der Waals surface area contributed by atoms with Crippen LogP contribution in [0, 0.1) is 0 Å². The summed E-state index contributed by atoms with van der Waals surface area (Å²) >= 11 is 0. The van der Waals surface area contributed by atoms with Crippen LogP contribution in [-0.2, 0) is 0 Å². The summed E-state index contributed by atoms with van der Waals surface area (Å²) in [5, 5.41) is 4.78. The normalized spacial score (nSPS) is 15.6. The molecule has 3 aromatic rings. The van der Waals surface area contributed by atoms with Gasteiger partial charge in [0, 0.05) is 23.4 Å². The molecule has 0 unspecified atom stereocenters. The van der Waals surface area contributed by atoms with Gasteiger partial charge in [-0.2, -0.15) is 0 Å². The van der Waals surface area contributed by atoms with Crippen molar-refractivity contribution in [2.45, 2.75) is 32.1 Å². The van der Waals surface area contributed by atoms with E-state index in [1.807, 2.05) is 24.3 Å². The number of aromatic nitrogens is 1. The van der Waals surface area contributed by atoms with Gasteiger partial charge in [0.1, 0.15) is 5.75 Å². The molecule has 1 aliphatic heterocycles. The summed E-state index contributed by atoms with van der Waals surface area (Å²) in [7, 11) is 1.63. The van der Waals surface area contributed by atoms with E-state index in [2.05, 4.69) is 15.2 Å². The van der Waals surface area contributed by atoms with Gasteiger partial charge in [-0.1, -0.05) is 12.8 Å².